The minimum Gasteiger partial charge on any atom is -0.454 e. The number of Topliss-reactive ketones (excluding diaryl/α,β-unsaturated/α-hetero) is 1. The number of carbonyl (C=O) groups is 4. The van der Waals surface area contributed by atoms with Crippen molar-refractivity contribution >= 4 is 58.4 Å². The number of aryl methyl sites for hydroxylation is 1. The summed E-state index contributed by atoms with van der Waals surface area (Å²) in [6, 6.07) is 17.8. The number of nitrogens with one attached hydrogen (secondary N) is 5. The van der Waals surface area contributed by atoms with Crippen LogP contribution in [0, 0.1) is 5.41 Å². The highest BCUT2D eigenvalue weighted by Gasteiger charge is 2.45. The first kappa shape index (κ1) is 38.9. The number of nitrogens with zero attached hydrogens (tertiary/aromatic N) is 3. The number of rotatable bonds is 13. The molecule has 55 heavy (non-hydrogen) atoms. The van der Waals surface area contributed by atoms with Crippen molar-refractivity contribution < 1.29 is 37.1 Å². The van der Waals surface area contributed by atoms with Crippen molar-refractivity contribution in [3.05, 3.63) is 94.0 Å². The fraction of sp³-hybridized carbons (Fsp3) is 0.342. The summed E-state index contributed by atoms with van der Waals surface area (Å²) in [6.45, 7) is 2.26. The Kier molecular flexibility index (Phi) is 11.3. The van der Waals surface area contributed by atoms with E-state index in [2.05, 4.69) is 41.5 Å². The first-order valence-corrected chi connectivity index (χ1v) is 17.8. The minimum atomic E-state index is -4.61. The quantitative estimate of drug-likeness (QED) is 0.0963. The summed E-state index contributed by atoms with van der Waals surface area (Å²) in [6.07, 6.45) is -1.19. The zero-order chi connectivity index (χ0) is 39.4. The third kappa shape index (κ3) is 10.5. The Morgan fingerprint density at radius 1 is 0.836 bits per heavy atom. The van der Waals surface area contributed by atoms with Gasteiger partial charge in [-0.2, -0.15) is 28.1 Å². The van der Waals surface area contributed by atoms with Crippen LogP contribution >= 0.6 is 11.6 Å². The normalized spacial score (nSPS) is 14.6. The number of ketones is 1. The summed E-state index contributed by atoms with van der Waals surface area (Å²) in [5, 5.41) is 14.7. The number of hydrogen-bond acceptors (Lipinski definition) is 10. The van der Waals surface area contributed by atoms with Gasteiger partial charge in [-0.25, -0.2) is 0 Å². The van der Waals surface area contributed by atoms with E-state index in [1.165, 1.54) is 12.1 Å². The smallest absolute Gasteiger partial charge is 0.422 e. The number of anilines is 4. The average Bonchev–Trinajstić information content (AvgIpc) is 3.92. The fourth-order valence-electron chi connectivity index (χ4n) is 5.90. The van der Waals surface area contributed by atoms with Gasteiger partial charge in [0, 0.05) is 47.0 Å². The predicted octanol–water partition coefficient (Wildman–Crippen LogP) is 6.34. The zero-order valence-electron chi connectivity index (χ0n) is 29.9. The molecule has 0 saturated heterocycles. The molecule has 2 aliphatic carbocycles. The van der Waals surface area contributed by atoms with Crippen LogP contribution in [0.1, 0.15) is 71.4 Å². The second kappa shape index (κ2) is 15.9. The lowest BCUT2D eigenvalue weighted by atomic mass is 9.90. The van der Waals surface area contributed by atoms with Crippen LogP contribution in [0.5, 0.6) is 6.01 Å². The van der Waals surface area contributed by atoms with Gasteiger partial charge in [-0.05, 0) is 96.8 Å². The SMILES string of the molecule is CC(C)(CNC(=O)C(=O)Nc1ccc2c(c1)CCCC2=O)CNC(=O)c1ccc(Nc2nc(NC3(c4ccc(Cl)cc4)CC3)nc(OCC(F)(F)F)n2)cc1. The van der Waals surface area contributed by atoms with E-state index in [-0.39, 0.29) is 30.8 Å². The molecule has 3 amide bonds. The van der Waals surface area contributed by atoms with E-state index in [1.807, 2.05) is 26.0 Å². The Bertz CT molecular complexity index is 2090. The Morgan fingerprint density at radius 2 is 1.51 bits per heavy atom. The average molecular weight is 779 g/mol. The highest BCUT2D eigenvalue weighted by atomic mass is 35.5. The Hall–Kier alpha value is -5.77. The monoisotopic (exact) mass is 778 g/mol. The van der Waals surface area contributed by atoms with Crippen LogP contribution in [0.3, 0.4) is 0 Å². The van der Waals surface area contributed by atoms with Gasteiger partial charge in [-0.15, -0.1) is 0 Å². The highest BCUT2D eigenvalue weighted by Crippen LogP contribution is 2.48. The van der Waals surface area contributed by atoms with E-state index in [1.54, 1.807) is 42.5 Å². The van der Waals surface area contributed by atoms with Crippen molar-refractivity contribution in [3.8, 4) is 6.01 Å². The molecule has 5 N–H and O–H groups in total. The molecule has 3 aromatic carbocycles. The standard InChI is InChI=1S/C38H38ClF3N8O5/c1-36(2,20-44-31(53)32(54)45-27-14-15-28-23(18-27)4-3-5-29(28)51)19-43-30(52)22-6-12-26(13-7-22)46-33-47-34(49-35(48-33)55-21-38(40,41)42)50-37(16-17-37)24-8-10-25(39)11-9-24/h6-15,18H,3-5,16-17,19-21H2,1-2H3,(H,43,52)(H,44,53)(H,45,54)(H2,46,47,48,49,50). The molecule has 13 nitrogen and oxygen atoms in total. The minimum absolute atomic E-state index is 0.00528. The number of fused-ring (bicyclic) bond motifs is 1. The summed E-state index contributed by atoms with van der Waals surface area (Å²) in [5.74, 6) is -2.11. The van der Waals surface area contributed by atoms with Crippen LogP contribution in [-0.2, 0) is 21.5 Å². The van der Waals surface area contributed by atoms with Crippen molar-refractivity contribution in [2.24, 2.45) is 5.41 Å². The zero-order valence-corrected chi connectivity index (χ0v) is 30.7. The van der Waals surface area contributed by atoms with Crippen LogP contribution in [0.2, 0.25) is 5.02 Å². The predicted molar refractivity (Wildman–Crippen MR) is 199 cm³/mol. The molecule has 0 radical (unpaired) electrons. The number of alkyl halides is 3. The first-order chi connectivity index (χ1) is 26.1. The molecule has 288 valence electrons. The summed E-state index contributed by atoms with van der Waals surface area (Å²) < 4.78 is 43.7. The molecule has 1 fully saturated rings. The Morgan fingerprint density at radius 3 is 2.20 bits per heavy atom. The third-order valence-corrected chi connectivity index (χ3v) is 9.31. The number of aromatic nitrogens is 3. The maximum Gasteiger partial charge on any atom is 0.422 e. The molecule has 1 heterocycles. The van der Waals surface area contributed by atoms with E-state index < -0.39 is 47.5 Å². The van der Waals surface area contributed by atoms with Gasteiger partial charge in [0.2, 0.25) is 11.9 Å². The number of ether oxygens (including phenoxy) is 1. The topological polar surface area (TPSA) is 176 Å². The molecule has 0 atom stereocenters. The lowest BCUT2D eigenvalue weighted by Crippen LogP contribution is -2.45. The Labute approximate surface area is 319 Å². The van der Waals surface area contributed by atoms with Crippen LogP contribution in [0.4, 0.5) is 36.4 Å². The lowest BCUT2D eigenvalue weighted by Gasteiger charge is -2.25. The first-order valence-electron chi connectivity index (χ1n) is 17.5. The molecule has 1 saturated carbocycles. The van der Waals surface area contributed by atoms with Gasteiger partial charge in [0.15, 0.2) is 12.4 Å². The molecule has 6 rings (SSSR count). The largest absolute Gasteiger partial charge is 0.454 e. The van der Waals surface area contributed by atoms with Gasteiger partial charge in [0.05, 0.1) is 5.54 Å². The second-order valence-corrected chi connectivity index (χ2v) is 14.7. The van der Waals surface area contributed by atoms with Crippen LogP contribution in [-0.4, -0.2) is 64.3 Å². The van der Waals surface area contributed by atoms with Crippen LogP contribution in [0.15, 0.2) is 66.7 Å². The molecule has 1 aromatic heterocycles. The molecule has 4 aromatic rings. The van der Waals surface area contributed by atoms with Gasteiger partial charge in [-0.1, -0.05) is 37.6 Å². The number of amides is 3. The molecular weight excluding hydrogens is 741 g/mol. The van der Waals surface area contributed by atoms with Gasteiger partial charge in [0.25, 0.3) is 5.91 Å². The fourth-order valence-corrected chi connectivity index (χ4v) is 6.03. The molecule has 0 unspecified atom stereocenters. The van der Waals surface area contributed by atoms with Crippen molar-refractivity contribution in [1.82, 2.24) is 25.6 Å². The van der Waals surface area contributed by atoms with E-state index in [9.17, 15) is 32.3 Å². The summed E-state index contributed by atoms with van der Waals surface area (Å²) >= 11 is 6.04. The third-order valence-electron chi connectivity index (χ3n) is 9.06. The molecule has 0 bridgehead atoms. The number of halogens is 4. The Balaban J connectivity index is 1.02. The highest BCUT2D eigenvalue weighted by molar-refractivity contribution is 6.39. The van der Waals surface area contributed by atoms with E-state index in [0.717, 1.165) is 36.8 Å². The lowest BCUT2D eigenvalue weighted by molar-refractivity contribution is -0.154. The maximum atomic E-state index is 13.0. The van der Waals surface area contributed by atoms with E-state index >= 15 is 0 Å². The summed E-state index contributed by atoms with van der Waals surface area (Å²) in [7, 11) is 0. The van der Waals surface area contributed by atoms with Crippen molar-refractivity contribution in [2.75, 3.05) is 35.6 Å². The molecule has 2 aliphatic rings. The van der Waals surface area contributed by atoms with Gasteiger partial charge >= 0.3 is 24.0 Å². The van der Waals surface area contributed by atoms with Crippen LogP contribution in [0.25, 0.3) is 0 Å². The number of benzene rings is 3. The van der Waals surface area contributed by atoms with Crippen LogP contribution < -0.4 is 31.3 Å². The van der Waals surface area contributed by atoms with Crippen molar-refractivity contribution in [3.63, 3.8) is 0 Å². The van der Waals surface area contributed by atoms with Gasteiger partial charge in [0.1, 0.15) is 0 Å². The van der Waals surface area contributed by atoms with Crippen molar-refractivity contribution in [1.29, 1.82) is 0 Å². The molecule has 0 spiro atoms. The molecule has 0 aliphatic heterocycles. The van der Waals surface area contributed by atoms with E-state index in [0.29, 0.717) is 33.9 Å². The molecule has 17 heteroatoms. The maximum absolute atomic E-state index is 13.0. The van der Waals surface area contributed by atoms with Gasteiger partial charge < -0.3 is 31.3 Å². The summed E-state index contributed by atoms with van der Waals surface area (Å²) in [5.41, 5.74) is 2.39. The second-order valence-electron chi connectivity index (χ2n) is 14.2. The number of hydrogen-bond donors (Lipinski definition) is 5. The summed E-state index contributed by atoms with van der Waals surface area (Å²) in [4.78, 5) is 62.6. The van der Waals surface area contributed by atoms with E-state index in [4.69, 9.17) is 16.3 Å². The number of carbonyl (C=O) groups excluding carboxylic acids is 4. The molecular formula is C38H38ClF3N8O5. The van der Waals surface area contributed by atoms with Crippen molar-refractivity contribution in [2.45, 2.75) is 57.7 Å². The van der Waals surface area contributed by atoms with Gasteiger partial charge in [-0.3, -0.25) is 19.2 Å².